The van der Waals surface area contributed by atoms with Crippen LogP contribution in [0.5, 0.6) is 0 Å². The van der Waals surface area contributed by atoms with Gasteiger partial charge in [-0.2, -0.15) is 0 Å². The zero-order valence-corrected chi connectivity index (χ0v) is 22.5. The molecule has 11 nitrogen and oxygen atoms in total. The molecule has 2 aliphatic heterocycles. The number of aliphatic carboxylic acids is 2. The Bertz CT molecular complexity index is 1520. The summed E-state index contributed by atoms with van der Waals surface area (Å²) in [7, 11) is 0. The molecule has 0 aromatic carbocycles. The first-order chi connectivity index (χ1) is 20.4. The maximum absolute atomic E-state index is 14.8. The molecule has 0 radical (unpaired) electrons. The summed E-state index contributed by atoms with van der Waals surface area (Å²) in [6.45, 7) is -0.257. The van der Waals surface area contributed by atoms with Gasteiger partial charge in [-0.05, 0) is 48.5 Å². The molecule has 2 saturated heterocycles. The Hall–Kier alpha value is -4.87. The Morgan fingerprint density at radius 1 is 0.667 bits per heavy atom. The van der Waals surface area contributed by atoms with E-state index < -0.39 is 40.6 Å². The van der Waals surface area contributed by atoms with Crippen molar-refractivity contribution < 1.29 is 24.6 Å². The molecule has 4 aromatic heterocycles. The van der Waals surface area contributed by atoms with Crippen LogP contribution in [0.3, 0.4) is 0 Å². The molecule has 6 rings (SSSR count). The molecule has 2 N–H and O–H groups in total. The minimum atomic E-state index is -2.18. The summed E-state index contributed by atoms with van der Waals surface area (Å²) in [6, 6.07) is 18.6. The molecule has 0 amide bonds. The number of likely N-dealkylation sites (tertiary alicyclic amines) is 2. The van der Waals surface area contributed by atoms with Gasteiger partial charge in [-0.1, -0.05) is 24.3 Å². The Labute approximate surface area is 241 Å². The molecule has 212 valence electrons. The van der Waals surface area contributed by atoms with Crippen LogP contribution in [0.4, 0.5) is 0 Å². The van der Waals surface area contributed by atoms with Gasteiger partial charge >= 0.3 is 11.9 Å². The van der Waals surface area contributed by atoms with Crippen molar-refractivity contribution in [2.75, 3.05) is 13.1 Å². The number of carbonyl (C=O) groups excluding carboxylic acids is 1. The predicted octanol–water partition coefficient (Wildman–Crippen LogP) is 2.79. The van der Waals surface area contributed by atoms with E-state index in [-0.39, 0.29) is 26.2 Å². The van der Waals surface area contributed by atoms with Gasteiger partial charge in [0.1, 0.15) is 0 Å². The number of hydrogen-bond donors (Lipinski definition) is 2. The van der Waals surface area contributed by atoms with E-state index in [1.54, 1.807) is 95.0 Å². The smallest absolute Gasteiger partial charge is 0.320 e. The van der Waals surface area contributed by atoms with Crippen molar-refractivity contribution in [1.29, 1.82) is 0 Å². The lowest BCUT2D eigenvalue weighted by Gasteiger charge is -2.60. The minimum absolute atomic E-state index is 0.0565. The third kappa shape index (κ3) is 4.34. The van der Waals surface area contributed by atoms with E-state index in [4.69, 9.17) is 0 Å². The Kier molecular flexibility index (Phi) is 7.05. The first-order valence-corrected chi connectivity index (χ1v) is 13.5. The van der Waals surface area contributed by atoms with Gasteiger partial charge in [0, 0.05) is 51.0 Å². The van der Waals surface area contributed by atoms with Crippen LogP contribution < -0.4 is 0 Å². The van der Waals surface area contributed by atoms with Crippen molar-refractivity contribution in [3.8, 4) is 0 Å². The molecule has 0 spiro atoms. The summed E-state index contributed by atoms with van der Waals surface area (Å²) in [5.74, 6) is -3.69. The lowest BCUT2D eigenvalue weighted by Crippen LogP contribution is -2.75. The number of carboxylic acids is 2. The number of ketones is 1. The van der Waals surface area contributed by atoms with Crippen LogP contribution in [0.2, 0.25) is 0 Å². The molecule has 0 aliphatic carbocycles. The summed E-state index contributed by atoms with van der Waals surface area (Å²) < 4.78 is 0. The van der Waals surface area contributed by atoms with Gasteiger partial charge in [0.25, 0.3) is 0 Å². The van der Waals surface area contributed by atoms with Crippen molar-refractivity contribution in [2.45, 2.75) is 25.2 Å². The molecule has 4 unspecified atom stereocenters. The number of aromatic nitrogens is 4. The predicted molar refractivity (Wildman–Crippen MR) is 148 cm³/mol. The zero-order valence-electron chi connectivity index (χ0n) is 22.5. The van der Waals surface area contributed by atoms with Crippen LogP contribution >= 0.6 is 0 Å². The van der Waals surface area contributed by atoms with Crippen LogP contribution in [-0.4, -0.2) is 70.8 Å². The van der Waals surface area contributed by atoms with E-state index in [1.807, 2.05) is 0 Å². The average Bonchev–Trinajstić information content (AvgIpc) is 3.00. The van der Waals surface area contributed by atoms with Gasteiger partial charge in [-0.3, -0.25) is 44.1 Å². The fraction of sp³-hybridized carbons (Fsp3) is 0.258. The second-order valence-electron chi connectivity index (χ2n) is 10.7. The number of piperidine rings is 2. The van der Waals surface area contributed by atoms with Crippen LogP contribution in [0.25, 0.3) is 0 Å². The van der Waals surface area contributed by atoms with Gasteiger partial charge in [-0.25, -0.2) is 0 Å². The summed E-state index contributed by atoms with van der Waals surface area (Å²) >= 11 is 0. The van der Waals surface area contributed by atoms with Crippen molar-refractivity contribution in [3.63, 3.8) is 0 Å². The Morgan fingerprint density at radius 3 is 1.48 bits per heavy atom. The van der Waals surface area contributed by atoms with E-state index in [9.17, 15) is 24.6 Å². The number of nitrogens with zero attached hydrogens (tertiary/aromatic N) is 6. The summed E-state index contributed by atoms with van der Waals surface area (Å²) in [4.78, 5) is 63.3. The number of hydrogen-bond acceptors (Lipinski definition) is 9. The minimum Gasteiger partial charge on any atom is -0.480 e. The fourth-order valence-electron chi connectivity index (χ4n) is 6.62. The average molecular weight is 565 g/mol. The van der Waals surface area contributed by atoms with Crippen molar-refractivity contribution in [3.05, 3.63) is 120 Å². The lowest BCUT2D eigenvalue weighted by molar-refractivity contribution is -0.205. The molecule has 4 atom stereocenters. The Morgan fingerprint density at radius 2 is 1.10 bits per heavy atom. The molecule has 2 fully saturated rings. The fourth-order valence-corrected chi connectivity index (χ4v) is 6.62. The summed E-state index contributed by atoms with van der Waals surface area (Å²) in [6.07, 6.45) is 6.31. The molecule has 2 aliphatic rings. The molecule has 4 aromatic rings. The van der Waals surface area contributed by atoms with Gasteiger partial charge < -0.3 is 10.2 Å². The van der Waals surface area contributed by atoms with Crippen LogP contribution in [0.1, 0.15) is 34.9 Å². The molecular formula is C31H28N6O5. The highest BCUT2D eigenvalue weighted by Crippen LogP contribution is 2.60. The summed E-state index contributed by atoms with van der Waals surface area (Å²) in [5.41, 5.74) is -2.48. The SMILES string of the molecule is O=C(O)C12CN(Cc3ccccn3)CC(C(=O)O)(C1=O)C(c1ccccn1)N(Cc1ccccn1)C2c1ccccn1. The maximum atomic E-state index is 14.8. The molecule has 6 heterocycles. The zero-order chi connectivity index (χ0) is 29.3. The second-order valence-corrected chi connectivity index (χ2v) is 10.7. The molecule has 0 saturated carbocycles. The van der Waals surface area contributed by atoms with E-state index in [0.717, 1.165) is 0 Å². The number of rotatable bonds is 8. The number of carbonyl (C=O) groups is 3. The second kappa shape index (κ2) is 10.8. The number of pyridine rings is 4. The van der Waals surface area contributed by atoms with Crippen LogP contribution in [0, 0.1) is 10.8 Å². The first kappa shape index (κ1) is 27.3. The van der Waals surface area contributed by atoms with Crippen LogP contribution in [-0.2, 0) is 27.5 Å². The molecule has 11 heteroatoms. The molecule has 42 heavy (non-hydrogen) atoms. The number of Topliss-reactive ketones (excluding diaryl/α,β-unsaturated/α-hetero) is 1. The largest absolute Gasteiger partial charge is 0.480 e. The van der Waals surface area contributed by atoms with E-state index in [2.05, 4.69) is 19.9 Å². The highest BCUT2D eigenvalue weighted by atomic mass is 16.4. The number of carboxylic acid groups (broad SMARTS) is 2. The highest BCUT2D eigenvalue weighted by molar-refractivity contribution is 6.17. The number of fused-ring (bicyclic) bond motifs is 2. The lowest BCUT2D eigenvalue weighted by atomic mass is 9.54. The van der Waals surface area contributed by atoms with Gasteiger partial charge in [0.2, 0.25) is 0 Å². The summed E-state index contributed by atoms with van der Waals surface area (Å²) in [5, 5.41) is 22.0. The maximum Gasteiger partial charge on any atom is 0.320 e. The standard InChI is InChI=1S/C31H28N6O5/c38-27-30(28(39)40)19-36(17-21-9-1-5-13-32-21)20-31(27,29(41)42)26(24-12-4-8-16-35-24)37(18-22-10-2-6-14-33-22)25(30)23-11-3-7-15-34-23/h1-16,25-26H,17-20H2,(H,39,40)(H,41,42). The normalized spacial score (nSPS) is 26.0. The van der Waals surface area contributed by atoms with E-state index in [0.29, 0.717) is 22.8 Å². The quantitative estimate of drug-likeness (QED) is 0.304. The van der Waals surface area contributed by atoms with Crippen molar-refractivity contribution in [1.82, 2.24) is 29.7 Å². The molecule has 2 bridgehead atoms. The van der Waals surface area contributed by atoms with Crippen molar-refractivity contribution >= 4 is 17.7 Å². The van der Waals surface area contributed by atoms with Gasteiger partial charge in [0.05, 0.1) is 34.9 Å². The van der Waals surface area contributed by atoms with Gasteiger partial charge in [0.15, 0.2) is 16.6 Å². The van der Waals surface area contributed by atoms with E-state index >= 15 is 0 Å². The first-order valence-electron chi connectivity index (χ1n) is 13.5. The monoisotopic (exact) mass is 564 g/mol. The highest BCUT2D eigenvalue weighted by Gasteiger charge is 2.75. The van der Waals surface area contributed by atoms with Crippen molar-refractivity contribution in [2.24, 2.45) is 10.8 Å². The third-order valence-electron chi connectivity index (χ3n) is 8.23. The topological polar surface area (TPSA) is 150 Å². The third-order valence-corrected chi connectivity index (χ3v) is 8.23. The Balaban J connectivity index is 1.64. The van der Waals surface area contributed by atoms with Crippen LogP contribution in [0.15, 0.2) is 97.6 Å². The molecular weight excluding hydrogens is 536 g/mol. The van der Waals surface area contributed by atoms with Gasteiger partial charge in [-0.15, -0.1) is 0 Å². The van der Waals surface area contributed by atoms with E-state index in [1.165, 1.54) is 12.4 Å².